The molecule has 0 saturated heterocycles. The van der Waals surface area contributed by atoms with E-state index in [-0.39, 0.29) is 0 Å². The molecule has 3 rings (SSSR count). The standard InChI is InChI=1S/C17H18ClN3/c1-2-9-21-16-8-5-13(18)11-15(16)20-17(21)10-12-3-6-14(19)7-4-12/h3-8,11H,2,9-10,19H2,1H3. The van der Waals surface area contributed by atoms with Crippen LogP contribution in [0.1, 0.15) is 24.7 Å². The van der Waals surface area contributed by atoms with Crippen molar-refractivity contribution in [3.8, 4) is 0 Å². The average Bonchev–Trinajstić information content (AvgIpc) is 2.79. The zero-order chi connectivity index (χ0) is 14.8. The molecule has 0 aliphatic carbocycles. The molecule has 3 aromatic rings. The van der Waals surface area contributed by atoms with Crippen LogP contribution in [-0.4, -0.2) is 9.55 Å². The number of hydrogen-bond acceptors (Lipinski definition) is 2. The van der Waals surface area contributed by atoms with Crippen LogP contribution in [-0.2, 0) is 13.0 Å². The summed E-state index contributed by atoms with van der Waals surface area (Å²) in [5, 5.41) is 0.725. The Balaban J connectivity index is 2.03. The lowest BCUT2D eigenvalue weighted by atomic mass is 10.1. The molecule has 2 N–H and O–H groups in total. The van der Waals surface area contributed by atoms with Crippen molar-refractivity contribution in [2.45, 2.75) is 26.3 Å². The van der Waals surface area contributed by atoms with Gasteiger partial charge in [0.25, 0.3) is 0 Å². The molecule has 3 nitrogen and oxygen atoms in total. The highest BCUT2D eigenvalue weighted by molar-refractivity contribution is 6.31. The molecule has 4 heteroatoms. The smallest absolute Gasteiger partial charge is 0.114 e. The van der Waals surface area contributed by atoms with E-state index in [1.807, 2.05) is 30.3 Å². The molecule has 0 amide bonds. The Morgan fingerprint density at radius 2 is 1.90 bits per heavy atom. The number of nitrogens with zero attached hydrogens (tertiary/aromatic N) is 2. The van der Waals surface area contributed by atoms with Gasteiger partial charge in [-0.15, -0.1) is 0 Å². The largest absolute Gasteiger partial charge is 0.399 e. The molecule has 1 heterocycles. The van der Waals surface area contributed by atoms with Crippen molar-refractivity contribution in [1.29, 1.82) is 0 Å². The second kappa shape index (κ2) is 5.78. The molecule has 0 radical (unpaired) electrons. The van der Waals surface area contributed by atoms with Crippen molar-refractivity contribution in [1.82, 2.24) is 9.55 Å². The Labute approximate surface area is 129 Å². The van der Waals surface area contributed by atoms with Gasteiger partial charge in [-0.25, -0.2) is 4.98 Å². The van der Waals surface area contributed by atoms with Crippen molar-refractivity contribution >= 4 is 28.3 Å². The van der Waals surface area contributed by atoms with Gasteiger partial charge in [0, 0.05) is 23.7 Å². The van der Waals surface area contributed by atoms with Gasteiger partial charge in [-0.3, -0.25) is 0 Å². The third-order valence-electron chi connectivity index (χ3n) is 3.58. The van der Waals surface area contributed by atoms with Crippen LogP contribution >= 0.6 is 11.6 Å². The highest BCUT2D eigenvalue weighted by Gasteiger charge is 2.11. The number of rotatable bonds is 4. The topological polar surface area (TPSA) is 43.8 Å². The summed E-state index contributed by atoms with van der Waals surface area (Å²) >= 11 is 6.07. The van der Waals surface area contributed by atoms with Gasteiger partial charge in [0.05, 0.1) is 11.0 Å². The van der Waals surface area contributed by atoms with Gasteiger partial charge in [-0.05, 0) is 42.3 Å². The Morgan fingerprint density at radius 3 is 2.62 bits per heavy atom. The number of nitrogens with two attached hydrogens (primary N) is 1. The summed E-state index contributed by atoms with van der Waals surface area (Å²) in [5.74, 6) is 1.07. The maximum absolute atomic E-state index is 6.07. The molecule has 0 unspecified atom stereocenters. The number of hydrogen-bond donors (Lipinski definition) is 1. The highest BCUT2D eigenvalue weighted by atomic mass is 35.5. The van der Waals surface area contributed by atoms with Crippen LogP contribution in [0.5, 0.6) is 0 Å². The first kappa shape index (κ1) is 14.0. The highest BCUT2D eigenvalue weighted by Crippen LogP contribution is 2.22. The van der Waals surface area contributed by atoms with Gasteiger partial charge in [0.2, 0.25) is 0 Å². The van der Waals surface area contributed by atoms with Crippen LogP contribution in [0.4, 0.5) is 5.69 Å². The molecule has 0 bridgehead atoms. The number of fused-ring (bicyclic) bond motifs is 1. The SMILES string of the molecule is CCCn1c(Cc2ccc(N)cc2)nc2cc(Cl)ccc21. The van der Waals surface area contributed by atoms with E-state index in [0.717, 1.165) is 47.0 Å². The van der Waals surface area contributed by atoms with Crippen LogP contribution in [0.15, 0.2) is 42.5 Å². The first-order valence-corrected chi connectivity index (χ1v) is 7.54. The molecule has 0 saturated carbocycles. The average molecular weight is 300 g/mol. The quantitative estimate of drug-likeness (QED) is 0.731. The van der Waals surface area contributed by atoms with E-state index in [4.69, 9.17) is 22.3 Å². The van der Waals surface area contributed by atoms with E-state index in [0.29, 0.717) is 0 Å². The first-order chi connectivity index (χ1) is 10.2. The maximum Gasteiger partial charge on any atom is 0.114 e. The molecular formula is C17H18ClN3. The minimum absolute atomic E-state index is 0.725. The molecule has 0 fully saturated rings. The molecule has 0 aliphatic rings. The number of aryl methyl sites for hydroxylation is 1. The number of nitrogen functional groups attached to an aromatic ring is 1. The number of benzene rings is 2. The fourth-order valence-corrected chi connectivity index (χ4v) is 2.75. The van der Waals surface area contributed by atoms with Gasteiger partial charge in [0.1, 0.15) is 5.82 Å². The molecule has 1 aromatic heterocycles. The predicted molar refractivity (Wildman–Crippen MR) is 88.7 cm³/mol. The van der Waals surface area contributed by atoms with Crippen LogP contribution < -0.4 is 5.73 Å². The summed E-state index contributed by atoms with van der Waals surface area (Å²) in [6, 6.07) is 13.9. The van der Waals surface area contributed by atoms with Gasteiger partial charge in [-0.1, -0.05) is 30.7 Å². The first-order valence-electron chi connectivity index (χ1n) is 7.16. The lowest BCUT2D eigenvalue weighted by Gasteiger charge is -2.08. The van der Waals surface area contributed by atoms with E-state index in [1.54, 1.807) is 0 Å². The second-order valence-corrected chi connectivity index (χ2v) is 5.67. The number of aromatic nitrogens is 2. The predicted octanol–water partition coefficient (Wildman–Crippen LogP) is 4.27. The summed E-state index contributed by atoms with van der Waals surface area (Å²) < 4.78 is 2.28. The summed E-state index contributed by atoms with van der Waals surface area (Å²) in [7, 11) is 0. The van der Waals surface area contributed by atoms with Crippen LogP contribution in [0.25, 0.3) is 11.0 Å². The van der Waals surface area contributed by atoms with Crippen molar-refractivity contribution in [3.63, 3.8) is 0 Å². The Kier molecular flexibility index (Phi) is 3.84. The monoisotopic (exact) mass is 299 g/mol. The zero-order valence-electron chi connectivity index (χ0n) is 12.0. The number of imidazole rings is 1. The van der Waals surface area contributed by atoms with Gasteiger partial charge in [0.15, 0.2) is 0 Å². The second-order valence-electron chi connectivity index (χ2n) is 5.23. The zero-order valence-corrected chi connectivity index (χ0v) is 12.8. The Hall–Kier alpha value is -2.00. The van der Waals surface area contributed by atoms with Crippen LogP contribution in [0, 0.1) is 0 Å². The third-order valence-corrected chi connectivity index (χ3v) is 3.81. The summed E-state index contributed by atoms with van der Waals surface area (Å²) in [6.45, 7) is 3.14. The molecule has 21 heavy (non-hydrogen) atoms. The Morgan fingerprint density at radius 1 is 1.14 bits per heavy atom. The fraction of sp³-hybridized carbons (Fsp3) is 0.235. The summed E-state index contributed by atoms with van der Waals surface area (Å²) in [4.78, 5) is 4.76. The summed E-state index contributed by atoms with van der Waals surface area (Å²) in [5.41, 5.74) is 9.84. The van der Waals surface area contributed by atoms with Crippen molar-refractivity contribution < 1.29 is 0 Å². The van der Waals surface area contributed by atoms with E-state index in [9.17, 15) is 0 Å². The van der Waals surface area contributed by atoms with Gasteiger partial charge >= 0.3 is 0 Å². The van der Waals surface area contributed by atoms with E-state index in [1.165, 1.54) is 5.56 Å². The van der Waals surface area contributed by atoms with E-state index in [2.05, 4.69) is 23.6 Å². The fourth-order valence-electron chi connectivity index (χ4n) is 2.58. The van der Waals surface area contributed by atoms with E-state index >= 15 is 0 Å². The minimum Gasteiger partial charge on any atom is -0.399 e. The normalized spacial score (nSPS) is 11.1. The molecule has 0 spiro atoms. The summed E-state index contributed by atoms with van der Waals surface area (Å²) in [6.07, 6.45) is 1.87. The molecule has 0 aliphatic heterocycles. The number of anilines is 1. The van der Waals surface area contributed by atoms with Crippen molar-refractivity contribution in [2.24, 2.45) is 0 Å². The van der Waals surface area contributed by atoms with Gasteiger partial charge < -0.3 is 10.3 Å². The van der Waals surface area contributed by atoms with Crippen molar-refractivity contribution in [2.75, 3.05) is 5.73 Å². The third kappa shape index (κ3) is 2.88. The van der Waals surface area contributed by atoms with Crippen LogP contribution in [0.3, 0.4) is 0 Å². The Bertz CT molecular complexity index is 760. The lowest BCUT2D eigenvalue weighted by molar-refractivity contribution is 0.664. The number of halogens is 1. The van der Waals surface area contributed by atoms with Crippen LogP contribution in [0.2, 0.25) is 5.02 Å². The minimum atomic E-state index is 0.725. The van der Waals surface area contributed by atoms with E-state index < -0.39 is 0 Å². The van der Waals surface area contributed by atoms with Gasteiger partial charge in [-0.2, -0.15) is 0 Å². The molecule has 0 atom stereocenters. The molecule has 2 aromatic carbocycles. The molecule has 108 valence electrons. The maximum atomic E-state index is 6.07. The van der Waals surface area contributed by atoms with Crippen molar-refractivity contribution in [3.05, 3.63) is 58.9 Å². The lowest BCUT2D eigenvalue weighted by Crippen LogP contribution is -2.04. The molecular weight excluding hydrogens is 282 g/mol.